The fraction of sp³-hybridized carbons (Fsp3) is 0.643. The van der Waals surface area contributed by atoms with Crippen LogP contribution in [-0.4, -0.2) is 4.86 Å². The van der Waals surface area contributed by atoms with Crippen molar-refractivity contribution < 1.29 is 0 Å². The smallest absolute Gasteiger partial charge is 0.0266 e. The van der Waals surface area contributed by atoms with Crippen molar-refractivity contribution in [2.45, 2.75) is 47.0 Å². The van der Waals surface area contributed by atoms with E-state index in [1.807, 2.05) is 0 Å². The van der Waals surface area contributed by atoms with Gasteiger partial charge in [0, 0.05) is 14.7 Å². The zero-order valence-electron chi connectivity index (χ0n) is 11.0. The Labute approximate surface area is 114 Å². The Hall–Kier alpha value is 0.400. The first-order valence-corrected chi connectivity index (χ1v) is 10.4. The molecule has 0 spiro atoms. The van der Waals surface area contributed by atoms with Crippen LogP contribution in [0.4, 0.5) is 0 Å². The monoisotopic (exact) mass is 284 g/mol. The summed E-state index contributed by atoms with van der Waals surface area (Å²) >= 11 is 0. The normalized spacial score (nSPS) is 24.7. The lowest BCUT2D eigenvalue weighted by atomic mass is 9.86. The molecule has 1 saturated carbocycles. The lowest BCUT2D eigenvalue weighted by molar-refractivity contribution is 0.752. The van der Waals surface area contributed by atoms with Gasteiger partial charge in [0.25, 0.3) is 0 Å². The molecule has 0 bridgehead atoms. The molecule has 0 N–H and O–H groups in total. The highest BCUT2D eigenvalue weighted by molar-refractivity contribution is 9.17. The second-order valence-corrected chi connectivity index (χ2v) is 11.3. The highest BCUT2D eigenvalue weighted by atomic mass is 33.5. The fourth-order valence-electron chi connectivity index (χ4n) is 2.78. The maximum absolute atomic E-state index is 2.35. The molecule has 0 nitrogen and oxygen atoms in total. The summed E-state index contributed by atoms with van der Waals surface area (Å²) in [6.07, 6.45) is 4.06. The maximum atomic E-state index is 2.35. The third-order valence-electron chi connectivity index (χ3n) is 3.54. The summed E-state index contributed by atoms with van der Waals surface area (Å²) in [5, 5.41) is 0. The number of allylic oxidation sites excluding steroid dienone is 4. The molecule has 0 saturated heterocycles. The molecular formula is C14H20S3. The molecule has 0 unspecified atom stereocenters. The largest absolute Gasteiger partial charge is 0.0581 e. The van der Waals surface area contributed by atoms with E-state index in [-0.39, 0.29) is 0 Å². The zero-order chi connectivity index (χ0) is 12.2. The van der Waals surface area contributed by atoms with Gasteiger partial charge in [-0.1, -0.05) is 57.8 Å². The second kappa shape index (κ2) is 4.50. The highest BCUT2D eigenvalue weighted by Gasteiger charge is 2.37. The molecule has 17 heavy (non-hydrogen) atoms. The molecule has 3 heteroatoms. The van der Waals surface area contributed by atoms with Crippen molar-refractivity contribution in [2.24, 2.45) is 11.8 Å². The van der Waals surface area contributed by atoms with E-state index in [9.17, 15) is 0 Å². The van der Waals surface area contributed by atoms with Crippen LogP contribution in [0, 0.1) is 11.8 Å². The Balaban J connectivity index is 2.06. The summed E-state index contributed by atoms with van der Waals surface area (Å²) in [4.78, 5) is 5.19. The Bertz CT molecular complexity index is 424. The maximum Gasteiger partial charge on any atom is 0.0266 e. The van der Waals surface area contributed by atoms with Gasteiger partial charge in [-0.25, -0.2) is 0 Å². The van der Waals surface area contributed by atoms with Crippen LogP contribution in [0.3, 0.4) is 0 Å². The molecule has 0 radical (unpaired) electrons. The van der Waals surface area contributed by atoms with E-state index in [1.165, 1.54) is 19.3 Å². The topological polar surface area (TPSA) is 0 Å². The number of hydrogen-bond acceptors (Lipinski definition) is 2. The van der Waals surface area contributed by atoms with Gasteiger partial charge in [-0.15, -0.1) is 0 Å². The van der Waals surface area contributed by atoms with Crippen molar-refractivity contribution >= 4 is 35.0 Å². The van der Waals surface area contributed by atoms with Crippen LogP contribution < -0.4 is 0 Å². The van der Waals surface area contributed by atoms with Gasteiger partial charge in [-0.05, 0) is 42.2 Å². The van der Waals surface area contributed by atoms with E-state index in [4.69, 9.17) is 0 Å². The van der Waals surface area contributed by atoms with Gasteiger partial charge in [0.1, 0.15) is 0 Å². The van der Waals surface area contributed by atoms with E-state index in [2.05, 4.69) is 49.3 Å². The first-order chi connectivity index (χ1) is 8.09. The number of rotatable bonds is 2. The Morgan fingerprint density at radius 3 is 1.76 bits per heavy atom. The van der Waals surface area contributed by atoms with Crippen LogP contribution >= 0.6 is 30.1 Å². The van der Waals surface area contributed by atoms with E-state index < -0.39 is 0 Å². The molecule has 0 atom stereocenters. The van der Waals surface area contributed by atoms with E-state index in [0.29, 0.717) is 8.55 Å². The standard InChI is InChI=1S/C14H20S3/c1-8(2)12-10-6-5-7-11-13(9(3)4)16-17(15-12)14(10)11/h8-9H,5-7H2,1-4H3. The average molecular weight is 285 g/mol. The van der Waals surface area contributed by atoms with Gasteiger partial charge in [-0.2, -0.15) is 0 Å². The van der Waals surface area contributed by atoms with Crippen LogP contribution in [0.1, 0.15) is 47.0 Å². The lowest BCUT2D eigenvalue weighted by Gasteiger charge is -2.22. The summed E-state index contributed by atoms with van der Waals surface area (Å²) in [5.74, 6) is 1.45. The molecule has 1 fully saturated rings. The minimum Gasteiger partial charge on any atom is -0.0581 e. The van der Waals surface area contributed by atoms with Gasteiger partial charge in [0.15, 0.2) is 0 Å². The SMILES string of the molecule is CC(C)C1=C2CCCC3=C(C(C)C)SS(=C23)S1. The van der Waals surface area contributed by atoms with E-state index in [0.717, 1.165) is 11.8 Å². The summed E-state index contributed by atoms with van der Waals surface area (Å²) in [6, 6.07) is 0. The van der Waals surface area contributed by atoms with Gasteiger partial charge < -0.3 is 0 Å². The summed E-state index contributed by atoms with van der Waals surface area (Å²) in [7, 11) is 4.78. The minimum absolute atomic E-state index is 0.424. The Kier molecular flexibility index (Phi) is 3.29. The molecule has 3 aliphatic rings. The van der Waals surface area contributed by atoms with Crippen molar-refractivity contribution in [1.82, 2.24) is 0 Å². The third-order valence-corrected chi connectivity index (χ3v) is 10.7. The van der Waals surface area contributed by atoms with Crippen molar-refractivity contribution in [1.29, 1.82) is 0 Å². The molecule has 0 amide bonds. The lowest BCUT2D eigenvalue weighted by Crippen LogP contribution is -2.12. The van der Waals surface area contributed by atoms with Crippen molar-refractivity contribution in [2.75, 3.05) is 0 Å². The van der Waals surface area contributed by atoms with E-state index in [1.54, 1.807) is 25.8 Å². The molecule has 0 aromatic carbocycles. The van der Waals surface area contributed by atoms with Crippen molar-refractivity contribution in [3.8, 4) is 0 Å². The molecule has 1 aliphatic carbocycles. The Morgan fingerprint density at radius 2 is 1.35 bits per heavy atom. The van der Waals surface area contributed by atoms with Gasteiger partial charge in [0.2, 0.25) is 0 Å². The van der Waals surface area contributed by atoms with Crippen LogP contribution in [0.25, 0.3) is 0 Å². The first-order valence-electron chi connectivity index (χ1n) is 6.54. The quantitative estimate of drug-likeness (QED) is 0.467. The molecule has 0 aromatic rings. The summed E-state index contributed by atoms with van der Waals surface area (Å²) < 4.78 is 0. The fourth-order valence-corrected chi connectivity index (χ4v) is 11.4. The van der Waals surface area contributed by atoms with Gasteiger partial charge >= 0.3 is 0 Å². The van der Waals surface area contributed by atoms with Crippen molar-refractivity contribution in [3.63, 3.8) is 0 Å². The minimum atomic E-state index is 0.424. The summed E-state index contributed by atoms with van der Waals surface area (Å²) in [6.45, 7) is 9.42. The van der Waals surface area contributed by atoms with Crippen molar-refractivity contribution in [3.05, 3.63) is 21.0 Å². The predicted octanol–water partition coefficient (Wildman–Crippen LogP) is 5.76. The molecular weight excluding hydrogens is 264 g/mol. The van der Waals surface area contributed by atoms with E-state index >= 15 is 0 Å². The summed E-state index contributed by atoms with van der Waals surface area (Å²) in [5.41, 5.74) is 3.50. The van der Waals surface area contributed by atoms with Gasteiger partial charge in [0.05, 0.1) is 0 Å². The van der Waals surface area contributed by atoms with Crippen LogP contribution in [0.2, 0.25) is 0 Å². The van der Waals surface area contributed by atoms with Gasteiger partial charge in [-0.3, -0.25) is 0 Å². The molecule has 2 heterocycles. The molecule has 94 valence electrons. The zero-order valence-corrected chi connectivity index (χ0v) is 13.5. The Morgan fingerprint density at radius 1 is 0.882 bits per heavy atom. The predicted molar refractivity (Wildman–Crippen MR) is 85.4 cm³/mol. The highest BCUT2D eigenvalue weighted by Crippen LogP contribution is 2.67. The van der Waals surface area contributed by atoms with Crippen LogP contribution in [-0.2, 0) is 0 Å². The molecule has 3 rings (SSSR count). The first kappa shape index (κ1) is 12.4. The third kappa shape index (κ3) is 1.89. The molecule has 2 aliphatic heterocycles. The average Bonchev–Trinajstić information content (AvgIpc) is 2.81. The molecule has 0 aromatic heterocycles. The van der Waals surface area contributed by atoms with Crippen LogP contribution in [0.15, 0.2) is 21.0 Å². The second-order valence-electron chi connectivity index (χ2n) is 5.58. The number of hydrogen-bond donors (Lipinski definition) is 0. The van der Waals surface area contributed by atoms with Crippen LogP contribution in [0.5, 0.6) is 0 Å².